The maximum Gasteiger partial charge on any atom is 0.315 e. The van der Waals surface area contributed by atoms with E-state index in [0.717, 1.165) is 33.3 Å². The van der Waals surface area contributed by atoms with Crippen molar-refractivity contribution in [1.82, 2.24) is 25.9 Å². The normalized spacial score (nSPS) is 20.8. The van der Waals surface area contributed by atoms with Gasteiger partial charge in [0.15, 0.2) is 6.10 Å². The summed E-state index contributed by atoms with van der Waals surface area (Å²) in [5.41, 5.74) is 4.98. The molecule has 1 aromatic heterocycles. The highest BCUT2D eigenvalue weighted by atomic mass is 35.5. The third-order valence-electron chi connectivity index (χ3n) is 8.48. The summed E-state index contributed by atoms with van der Waals surface area (Å²) in [6, 6.07) is 19.8. The summed E-state index contributed by atoms with van der Waals surface area (Å²) in [5.74, 6) is 0. The van der Waals surface area contributed by atoms with E-state index in [1.807, 2.05) is 48.5 Å². The topological polar surface area (TPSA) is 190 Å². The predicted octanol–water partition coefficient (Wildman–Crippen LogP) is 1.56. The molecule has 3 heterocycles. The summed E-state index contributed by atoms with van der Waals surface area (Å²) in [7, 11) is 0. The fourth-order valence-electron chi connectivity index (χ4n) is 5.68. The number of aliphatic hydroxyl groups excluding tert-OH is 4. The summed E-state index contributed by atoms with van der Waals surface area (Å²) >= 11 is 6.69. The summed E-state index contributed by atoms with van der Waals surface area (Å²) in [4.78, 5) is 19.8. The Labute approximate surface area is 275 Å². The lowest BCUT2D eigenvalue weighted by atomic mass is 9.99. The third kappa shape index (κ3) is 7.37. The highest BCUT2D eigenvalue weighted by Crippen LogP contribution is 2.35. The molecule has 0 radical (unpaired) electrons. The van der Waals surface area contributed by atoms with Crippen LogP contribution in [0.1, 0.15) is 5.56 Å². The first-order valence-corrected chi connectivity index (χ1v) is 15.8. The number of amides is 2. The van der Waals surface area contributed by atoms with Gasteiger partial charge in [-0.15, -0.1) is 0 Å². The molecule has 0 aliphatic carbocycles. The van der Waals surface area contributed by atoms with Gasteiger partial charge >= 0.3 is 6.03 Å². The van der Waals surface area contributed by atoms with Crippen molar-refractivity contribution in [3.8, 4) is 28.3 Å². The number of nitrogens with one attached hydrogen (secondary N) is 4. The quantitative estimate of drug-likeness (QED) is 0.0972. The lowest BCUT2D eigenvalue weighted by Gasteiger charge is -2.28. The summed E-state index contributed by atoms with van der Waals surface area (Å²) < 4.78 is 17.3. The molecule has 2 saturated heterocycles. The Morgan fingerprint density at radius 2 is 1.60 bits per heavy atom. The molecule has 47 heavy (non-hydrogen) atoms. The van der Waals surface area contributed by atoms with Crippen molar-refractivity contribution in [1.29, 1.82) is 0 Å². The van der Waals surface area contributed by atoms with Crippen LogP contribution in [0.2, 0.25) is 5.02 Å². The Kier molecular flexibility index (Phi) is 10.2. The third-order valence-corrected chi connectivity index (χ3v) is 8.79. The molecule has 13 nitrogen and oxygen atoms in total. The monoisotopic (exact) mass is 667 g/mol. The number of carbonyl (C=O) groups is 1. The van der Waals surface area contributed by atoms with Crippen LogP contribution in [-0.4, -0.2) is 113 Å². The minimum Gasteiger partial charge on any atom is -0.456 e. The molecule has 8 N–H and O–H groups in total. The number of aromatic nitrogens is 2. The largest absolute Gasteiger partial charge is 0.456 e. The summed E-state index contributed by atoms with van der Waals surface area (Å²) in [6.07, 6.45) is -1.73. The average molecular weight is 668 g/mol. The maximum absolute atomic E-state index is 12.0. The molecule has 14 heteroatoms. The van der Waals surface area contributed by atoms with E-state index in [2.05, 4.69) is 38.1 Å². The van der Waals surface area contributed by atoms with Crippen LogP contribution >= 0.6 is 11.6 Å². The zero-order chi connectivity index (χ0) is 33.0. The second kappa shape index (κ2) is 14.5. The van der Waals surface area contributed by atoms with Gasteiger partial charge < -0.3 is 55.6 Å². The average Bonchev–Trinajstić information content (AvgIpc) is 3.79. The van der Waals surface area contributed by atoms with Crippen LogP contribution in [0.5, 0.6) is 6.01 Å². The fraction of sp³-hybridized carbons (Fsp3) is 0.394. The van der Waals surface area contributed by atoms with Crippen molar-refractivity contribution in [3.05, 3.63) is 71.2 Å². The zero-order valence-electron chi connectivity index (χ0n) is 25.5. The molecule has 0 spiro atoms. The van der Waals surface area contributed by atoms with Crippen molar-refractivity contribution < 1.29 is 39.4 Å². The number of aromatic amines is 1. The Balaban J connectivity index is 1.01. The van der Waals surface area contributed by atoms with Crippen LogP contribution in [0, 0.1) is 0 Å². The van der Waals surface area contributed by atoms with E-state index in [1.54, 1.807) is 0 Å². The van der Waals surface area contributed by atoms with Crippen LogP contribution in [0.25, 0.3) is 33.3 Å². The van der Waals surface area contributed by atoms with Crippen LogP contribution in [0.15, 0.2) is 60.7 Å². The molecule has 4 atom stereocenters. The first-order chi connectivity index (χ1) is 22.8. The van der Waals surface area contributed by atoms with Crippen molar-refractivity contribution in [2.24, 2.45) is 0 Å². The van der Waals surface area contributed by atoms with Gasteiger partial charge in [-0.1, -0.05) is 60.1 Å². The molecule has 2 aliphatic rings. The Hall–Kier alpha value is -3.79. The second-order valence-electron chi connectivity index (χ2n) is 11.8. The van der Waals surface area contributed by atoms with E-state index in [4.69, 9.17) is 25.8 Å². The smallest absolute Gasteiger partial charge is 0.315 e. The molecule has 0 saturated carbocycles. The number of H-pyrrole nitrogens is 1. The van der Waals surface area contributed by atoms with Gasteiger partial charge in [0, 0.05) is 25.2 Å². The Bertz CT molecular complexity index is 1660. The first-order valence-electron chi connectivity index (χ1n) is 15.4. The number of rotatable bonds is 13. The van der Waals surface area contributed by atoms with E-state index in [9.17, 15) is 25.2 Å². The van der Waals surface area contributed by atoms with Crippen LogP contribution in [0.3, 0.4) is 0 Å². The SMILES string of the molecule is O=C(NCCNCc1ccc(-c2ccc(-c3cc4nc(O[C@@H]5CO[C@H]6[C@@H]5OC[C@H]6O)[nH]c4cc3Cl)cc2)cc1)NC(CO)(CO)CO. The molecule has 250 valence electrons. The molecule has 2 amide bonds. The van der Waals surface area contributed by atoms with E-state index < -0.39 is 37.5 Å². The Morgan fingerprint density at radius 1 is 0.936 bits per heavy atom. The molecule has 2 fully saturated rings. The Morgan fingerprint density at radius 3 is 2.30 bits per heavy atom. The number of imidazole rings is 1. The molecule has 2 aliphatic heterocycles. The molecular formula is C33H38ClN5O8. The van der Waals surface area contributed by atoms with Gasteiger partial charge in [0.1, 0.15) is 23.9 Å². The van der Waals surface area contributed by atoms with Crippen molar-refractivity contribution >= 4 is 28.7 Å². The number of halogens is 1. The van der Waals surface area contributed by atoms with Crippen molar-refractivity contribution in [2.45, 2.75) is 36.5 Å². The molecule has 4 aromatic rings. The van der Waals surface area contributed by atoms with Gasteiger partial charge in [0.2, 0.25) is 0 Å². The molecule has 0 bridgehead atoms. The molecule has 6 rings (SSSR count). The number of carbonyl (C=O) groups excluding carboxylic acids is 1. The van der Waals surface area contributed by atoms with E-state index in [-0.39, 0.29) is 24.9 Å². The second-order valence-corrected chi connectivity index (χ2v) is 12.2. The van der Waals surface area contributed by atoms with Gasteiger partial charge in [0.25, 0.3) is 6.01 Å². The van der Waals surface area contributed by atoms with E-state index >= 15 is 0 Å². The van der Waals surface area contributed by atoms with Crippen LogP contribution in [-0.2, 0) is 16.0 Å². The van der Waals surface area contributed by atoms with Gasteiger partial charge in [-0.2, -0.15) is 4.98 Å². The minimum atomic E-state index is -1.46. The van der Waals surface area contributed by atoms with Gasteiger partial charge in [-0.3, -0.25) is 0 Å². The number of benzene rings is 3. The molecular weight excluding hydrogens is 630 g/mol. The number of aliphatic hydroxyl groups is 4. The zero-order valence-corrected chi connectivity index (χ0v) is 26.2. The number of hydrogen-bond acceptors (Lipinski definition) is 10. The number of urea groups is 1. The highest BCUT2D eigenvalue weighted by Gasteiger charge is 2.48. The van der Waals surface area contributed by atoms with Crippen LogP contribution in [0.4, 0.5) is 4.79 Å². The number of ether oxygens (including phenoxy) is 3. The fourth-order valence-corrected chi connectivity index (χ4v) is 5.95. The minimum absolute atomic E-state index is 0.230. The summed E-state index contributed by atoms with van der Waals surface area (Å²) in [5, 5.41) is 46.8. The van der Waals surface area contributed by atoms with E-state index in [0.29, 0.717) is 42.8 Å². The van der Waals surface area contributed by atoms with E-state index in [1.165, 1.54) is 0 Å². The van der Waals surface area contributed by atoms with Gasteiger partial charge in [-0.05, 0) is 34.4 Å². The van der Waals surface area contributed by atoms with Crippen molar-refractivity contribution in [3.63, 3.8) is 0 Å². The van der Waals surface area contributed by atoms with Gasteiger partial charge in [-0.25, -0.2) is 4.79 Å². The standard InChI is InChI=1S/C33H38ClN5O8/c34-24-12-26-25(37-32(38-26)47-28-15-46-29-27(43)14-45-30(28)29)11-23(24)22-7-5-21(6-8-22)20-3-1-19(2-4-20)13-35-9-10-36-31(44)39-33(16-40,17-41)18-42/h1-8,11-12,27-30,35,40-43H,9-10,13-18H2,(H,37,38)(H2,36,39,44)/t27-,28-,29-,30-/m1/s1. The number of fused-ring (bicyclic) bond motifs is 2. The predicted molar refractivity (Wildman–Crippen MR) is 174 cm³/mol. The number of hydrogen-bond donors (Lipinski definition) is 8. The van der Waals surface area contributed by atoms with Gasteiger partial charge in [0.05, 0.1) is 49.1 Å². The number of nitrogens with zero attached hydrogens (tertiary/aromatic N) is 1. The summed E-state index contributed by atoms with van der Waals surface area (Å²) in [6.45, 7) is 0.219. The highest BCUT2D eigenvalue weighted by molar-refractivity contribution is 6.34. The van der Waals surface area contributed by atoms with Crippen molar-refractivity contribution in [2.75, 3.05) is 46.1 Å². The lowest BCUT2D eigenvalue weighted by molar-refractivity contribution is 0.00706. The first kappa shape index (κ1) is 33.1. The van der Waals surface area contributed by atoms with Crippen LogP contribution < -0.4 is 20.7 Å². The lowest BCUT2D eigenvalue weighted by Crippen LogP contribution is -2.59. The molecule has 3 aromatic carbocycles. The molecule has 0 unspecified atom stereocenters. The maximum atomic E-state index is 12.0.